The Balaban J connectivity index is 2.12. The number of nitrogens with zero attached hydrogens (tertiary/aromatic N) is 2. The fraction of sp³-hybridized carbons (Fsp3) is 0.562. The molecule has 0 amide bonds. The molecule has 1 aliphatic carbocycles. The molecule has 4 nitrogen and oxygen atoms in total. The first-order chi connectivity index (χ1) is 9.65. The van der Waals surface area contributed by atoms with Crippen molar-refractivity contribution in [2.75, 3.05) is 12.3 Å². The van der Waals surface area contributed by atoms with Gasteiger partial charge in [0, 0.05) is 5.54 Å². The number of nitrogens with two attached hydrogens (primary N) is 1. The lowest BCUT2D eigenvalue weighted by molar-refractivity contribution is 0.320. The average molecular weight is 273 g/mol. The molecule has 4 heteroatoms. The highest BCUT2D eigenvalue weighted by Crippen LogP contribution is 2.41. The number of ether oxygens (including phenoxy) is 1. The number of fused-ring (bicyclic) bond motifs is 1. The Morgan fingerprint density at radius 3 is 2.80 bits per heavy atom. The maximum atomic E-state index is 6.21. The molecule has 0 spiro atoms. The highest BCUT2D eigenvalue weighted by atomic mass is 16.5. The van der Waals surface area contributed by atoms with Crippen LogP contribution in [-0.4, -0.2) is 16.2 Å². The Labute approximate surface area is 119 Å². The smallest absolute Gasteiger partial charge is 0.201 e. The Morgan fingerprint density at radius 1 is 1.35 bits per heavy atom. The standard InChI is InChI=1S/C16H23N3O/c1-3-11-20-13-8-6-7-12-14(13)18-15(17)19(12)16(2)9-4-5-10-16/h6-8H,3-5,9-11H2,1-2H3,(H2,17,18). The fourth-order valence-electron chi connectivity index (χ4n) is 3.35. The van der Waals surface area contributed by atoms with E-state index in [1.54, 1.807) is 0 Å². The van der Waals surface area contributed by atoms with Gasteiger partial charge in [0.05, 0.1) is 12.1 Å². The maximum absolute atomic E-state index is 6.21. The molecular weight excluding hydrogens is 250 g/mol. The third-order valence-electron chi connectivity index (χ3n) is 4.36. The zero-order chi connectivity index (χ0) is 14.2. The van der Waals surface area contributed by atoms with Crippen molar-refractivity contribution in [3.63, 3.8) is 0 Å². The number of imidazole rings is 1. The fourth-order valence-corrected chi connectivity index (χ4v) is 3.35. The molecule has 108 valence electrons. The second-order valence-electron chi connectivity index (χ2n) is 5.98. The van der Waals surface area contributed by atoms with Gasteiger partial charge < -0.3 is 15.0 Å². The summed E-state index contributed by atoms with van der Waals surface area (Å²) < 4.78 is 8.02. The molecule has 1 aromatic heterocycles. The van der Waals surface area contributed by atoms with Crippen molar-refractivity contribution >= 4 is 17.0 Å². The van der Waals surface area contributed by atoms with Crippen LogP contribution in [0, 0.1) is 0 Å². The van der Waals surface area contributed by atoms with Gasteiger partial charge in [0.1, 0.15) is 11.3 Å². The van der Waals surface area contributed by atoms with E-state index in [1.165, 1.54) is 25.7 Å². The Hall–Kier alpha value is -1.71. The Kier molecular flexibility index (Phi) is 3.32. The zero-order valence-corrected chi connectivity index (χ0v) is 12.4. The average Bonchev–Trinajstić information content (AvgIpc) is 3.00. The summed E-state index contributed by atoms with van der Waals surface area (Å²) >= 11 is 0. The van der Waals surface area contributed by atoms with E-state index < -0.39 is 0 Å². The quantitative estimate of drug-likeness (QED) is 0.924. The number of para-hydroxylation sites is 1. The van der Waals surface area contributed by atoms with E-state index in [9.17, 15) is 0 Å². The molecule has 0 radical (unpaired) electrons. The Morgan fingerprint density at radius 2 is 2.10 bits per heavy atom. The maximum Gasteiger partial charge on any atom is 0.201 e. The van der Waals surface area contributed by atoms with E-state index in [1.807, 2.05) is 12.1 Å². The molecule has 0 saturated heterocycles. The largest absolute Gasteiger partial charge is 0.491 e. The Bertz CT molecular complexity index is 611. The van der Waals surface area contributed by atoms with Crippen LogP contribution in [-0.2, 0) is 5.54 Å². The van der Waals surface area contributed by atoms with Gasteiger partial charge in [0.2, 0.25) is 5.95 Å². The van der Waals surface area contributed by atoms with Crippen LogP contribution in [0.15, 0.2) is 18.2 Å². The lowest BCUT2D eigenvalue weighted by Gasteiger charge is -2.27. The lowest BCUT2D eigenvalue weighted by atomic mass is 10.00. The highest BCUT2D eigenvalue weighted by Gasteiger charge is 2.33. The molecule has 1 heterocycles. The molecule has 1 aliphatic rings. The number of anilines is 1. The van der Waals surface area contributed by atoms with Crippen LogP contribution >= 0.6 is 0 Å². The molecule has 1 saturated carbocycles. The minimum absolute atomic E-state index is 0.0994. The van der Waals surface area contributed by atoms with Gasteiger partial charge in [-0.3, -0.25) is 0 Å². The second kappa shape index (κ2) is 5.00. The number of hydrogen-bond donors (Lipinski definition) is 1. The summed E-state index contributed by atoms with van der Waals surface area (Å²) in [4.78, 5) is 4.57. The molecule has 0 unspecified atom stereocenters. The predicted octanol–water partition coefficient (Wildman–Crippen LogP) is 3.70. The van der Waals surface area contributed by atoms with Crippen LogP contribution in [0.3, 0.4) is 0 Å². The minimum Gasteiger partial charge on any atom is -0.491 e. The van der Waals surface area contributed by atoms with Gasteiger partial charge in [0.15, 0.2) is 0 Å². The summed E-state index contributed by atoms with van der Waals surface area (Å²) in [6, 6.07) is 6.11. The van der Waals surface area contributed by atoms with Gasteiger partial charge in [-0.05, 0) is 38.3 Å². The summed E-state index contributed by atoms with van der Waals surface area (Å²) in [6.07, 6.45) is 5.86. The molecule has 3 rings (SSSR count). The van der Waals surface area contributed by atoms with Crippen molar-refractivity contribution in [3.8, 4) is 5.75 Å². The van der Waals surface area contributed by atoms with Crippen LogP contribution in [0.5, 0.6) is 5.75 Å². The van der Waals surface area contributed by atoms with Crippen molar-refractivity contribution in [3.05, 3.63) is 18.2 Å². The van der Waals surface area contributed by atoms with E-state index in [0.29, 0.717) is 12.6 Å². The van der Waals surface area contributed by atoms with Crippen LogP contribution in [0.25, 0.3) is 11.0 Å². The molecule has 0 bridgehead atoms. The number of nitrogen functional groups attached to an aromatic ring is 1. The molecule has 0 atom stereocenters. The number of aromatic nitrogens is 2. The summed E-state index contributed by atoms with van der Waals surface area (Å²) in [6.45, 7) is 5.10. The summed E-state index contributed by atoms with van der Waals surface area (Å²) in [5.74, 6) is 1.45. The van der Waals surface area contributed by atoms with E-state index in [4.69, 9.17) is 10.5 Å². The van der Waals surface area contributed by atoms with Gasteiger partial charge >= 0.3 is 0 Å². The van der Waals surface area contributed by atoms with Crippen molar-refractivity contribution in [2.24, 2.45) is 0 Å². The van der Waals surface area contributed by atoms with E-state index in [0.717, 1.165) is 23.2 Å². The van der Waals surface area contributed by atoms with Crippen LogP contribution in [0.1, 0.15) is 46.0 Å². The third-order valence-corrected chi connectivity index (χ3v) is 4.36. The second-order valence-corrected chi connectivity index (χ2v) is 5.98. The molecule has 20 heavy (non-hydrogen) atoms. The lowest BCUT2D eigenvalue weighted by Crippen LogP contribution is -2.27. The third kappa shape index (κ3) is 2.03. The number of hydrogen-bond acceptors (Lipinski definition) is 3. The van der Waals surface area contributed by atoms with Crippen molar-refractivity contribution in [1.29, 1.82) is 0 Å². The van der Waals surface area contributed by atoms with Gasteiger partial charge in [-0.25, -0.2) is 4.98 Å². The SMILES string of the molecule is CCCOc1cccc2c1nc(N)n2C1(C)CCCC1. The molecule has 1 aromatic carbocycles. The number of rotatable bonds is 4. The van der Waals surface area contributed by atoms with Gasteiger partial charge in [-0.15, -0.1) is 0 Å². The molecule has 0 aliphatic heterocycles. The van der Waals surface area contributed by atoms with Crippen LogP contribution in [0.2, 0.25) is 0 Å². The van der Waals surface area contributed by atoms with Gasteiger partial charge in [0.25, 0.3) is 0 Å². The normalized spacial score (nSPS) is 17.7. The van der Waals surface area contributed by atoms with Gasteiger partial charge in [-0.1, -0.05) is 25.8 Å². The summed E-state index contributed by atoms with van der Waals surface area (Å²) in [7, 11) is 0. The topological polar surface area (TPSA) is 53.1 Å². The van der Waals surface area contributed by atoms with Crippen molar-refractivity contribution in [1.82, 2.24) is 9.55 Å². The van der Waals surface area contributed by atoms with E-state index in [2.05, 4.69) is 29.5 Å². The van der Waals surface area contributed by atoms with Crippen molar-refractivity contribution in [2.45, 2.75) is 51.5 Å². The monoisotopic (exact) mass is 273 g/mol. The molecule has 2 N–H and O–H groups in total. The minimum atomic E-state index is 0.0994. The zero-order valence-electron chi connectivity index (χ0n) is 12.4. The van der Waals surface area contributed by atoms with Crippen molar-refractivity contribution < 1.29 is 4.74 Å². The predicted molar refractivity (Wildman–Crippen MR) is 82.0 cm³/mol. The molecule has 2 aromatic rings. The number of benzene rings is 1. The first-order valence-corrected chi connectivity index (χ1v) is 7.56. The van der Waals surface area contributed by atoms with E-state index in [-0.39, 0.29) is 5.54 Å². The summed E-state index contributed by atoms with van der Waals surface area (Å²) in [5.41, 5.74) is 8.30. The highest BCUT2D eigenvalue weighted by molar-refractivity contribution is 5.84. The van der Waals surface area contributed by atoms with E-state index >= 15 is 0 Å². The molecular formula is C16H23N3O. The summed E-state index contributed by atoms with van der Waals surface area (Å²) in [5, 5.41) is 0. The molecule has 1 fully saturated rings. The van der Waals surface area contributed by atoms with Crippen LogP contribution in [0.4, 0.5) is 5.95 Å². The van der Waals surface area contributed by atoms with Gasteiger partial charge in [-0.2, -0.15) is 0 Å². The first kappa shape index (κ1) is 13.3. The first-order valence-electron chi connectivity index (χ1n) is 7.56. The van der Waals surface area contributed by atoms with Crippen LogP contribution < -0.4 is 10.5 Å².